The molecule has 0 aliphatic rings. The van der Waals surface area contributed by atoms with Gasteiger partial charge in [0.2, 0.25) is 0 Å². The first-order chi connectivity index (χ1) is 4.46. The average Bonchev–Trinajstić information content (AvgIpc) is 1.84. The van der Waals surface area contributed by atoms with E-state index in [1.165, 1.54) is 13.8 Å². The summed E-state index contributed by atoms with van der Waals surface area (Å²) in [6, 6.07) is 0. The maximum atomic E-state index is 10.7. The molecule has 0 atom stereocenters. The van der Waals surface area contributed by atoms with Crippen LogP contribution in [0, 0.1) is 0 Å². The van der Waals surface area contributed by atoms with Gasteiger partial charge in [0.05, 0.1) is 0 Å². The predicted molar refractivity (Wildman–Crippen MR) is 39.7 cm³/mol. The van der Waals surface area contributed by atoms with Crippen LogP contribution < -0.4 is 0 Å². The summed E-state index contributed by atoms with van der Waals surface area (Å²) >= 11 is 0. The van der Waals surface area contributed by atoms with Crippen molar-refractivity contribution >= 4 is 11.6 Å². The summed E-state index contributed by atoms with van der Waals surface area (Å²) in [7, 11) is 0. The molecule has 0 saturated heterocycles. The molecule has 0 aromatic carbocycles. The highest BCUT2D eigenvalue weighted by Gasteiger charge is 2.04. The number of rotatable bonds is 2. The third-order valence-corrected chi connectivity index (χ3v) is 1.62. The standard InChI is InChI=1S/C8H12O2/c1-5(7(3)9)6(2)8(4)10/h1-4H3/b6-5+. The first kappa shape index (κ1) is 9.08. The van der Waals surface area contributed by atoms with Gasteiger partial charge in [0.25, 0.3) is 0 Å². The topological polar surface area (TPSA) is 34.1 Å². The van der Waals surface area contributed by atoms with Gasteiger partial charge in [-0.2, -0.15) is 0 Å². The molecule has 56 valence electrons. The van der Waals surface area contributed by atoms with Crippen LogP contribution in [0.15, 0.2) is 11.1 Å². The SMILES string of the molecule is CC(=O)/C(C)=C(\C)C(C)=O. The molecule has 0 unspecified atom stereocenters. The minimum atomic E-state index is -0.0345. The van der Waals surface area contributed by atoms with E-state index in [0.29, 0.717) is 11.1 Å². The largest absolute Gasteiger partial charge is 0.295 e. The van der Waals surface area contributed by atoms with Crippen LogP contribution in [0.5, 0.6) is 0 Å². The summed E-state index contributed by atoms with van der Waals surface area (Å²) in [6.07, 6.45) is 0. The quantitative estimate of drug-likeness (QED) is 0.545. The summed E-state index contributed by atoms with van der Waals surface area (Å²) < 4.78 is 0. The van der Waals surface area contributed by atoms with E-state index in [9.17, 15) is 9.59 Å². The lowest BCUT2D eigenvalue weighted by Crippen LogP contribution is -2.01. The normalized spacial score (nSPS) is 12.4. The van der Waals surface area contributed by atoms with Gasteiger partial charge < -0.3 is 0 Å². The van der Waals surface area contributed by atoms with E-state index in [2.05, 4.69) is 0 Å². The van der Waals surface area contributed by atoms with Gasteiger partial charge in [0.1, 0.15) is 0 Å². The van der Waals surface area contributed by atoms with Crippen molar-refractivity contribution in [2.75, 3.05) is 0 Å². The Balaban J connectivity index is 4.67. The van der Waals surface area contributed by atoms with Gasteiger partial charge in [-0.25, -0.2) is 0 Å². The van der Waals surface area contributed by atoms with Gasteiger partial charge in [-0.1, -0.05) is 0 Å². The van der Waals surface area contributed by atoms with E-state index in [4.69, 9.17) is 0 Å². The lowest BCUT2D eigenvalue weighted by atomic mass is 10.1. The number of allylic oxidation sites excluding steroid dienone is 2. The number of ketones is 2. The van der Waals surface area contributed by atoms with Gasteiger partial charge in [0, 0.05) is 0 Å². The molecule has 0 heterocycles. The Bertz CT molecular complexity index is 177. The fourth-order valence-electron chi connectivity index (χ4n) is 0.528. The van der Waals surface area contributed by atoms with Crippen molar-refractivity contribution in [3.63, 3.8) is 0 Å². The lowest BCUT2D eigenvalue weighted by molar-refractivity contribution is -0.116. The van der Waals surface area contributed by atoms with Crippen molar-refractivity contribution < 1.29 is 9.59 Å². The van der Waals surface area contributed by atoms with Crippen LogP contribution >= 0.6 is 0 Å². The van der Waals surface area contributed by atoms with Gasteiger partial charge in [-0.3, -0.25) is 9.59 Å². The first-order valence-electron chi connectivity index (χ1n) is 3.16. The highest BCUT2D eigenvalue weighted by Crippen LogP contribution is 2.04. The van der Waals surface area contributed by atoms with Crippen LogP contribution in [0.3, 0.4) is 0 Å². The highest BCUT2D eigenvalue weighted by atomic mass is 16.1. The molecule has 0 N–H and O–H groups in total. The fourth-order valence-corrected chi connectivity index (χ4v) is 0.528. The Labute approximate surface area is 60.9 Å². The molecule has 0 rings (SSSR count). The summed E-state index contributed by atoms with van der Waals surface area (Å²) in [5.74, 6) is -0.0691. The van der Waals surface area contributed by atoms with E-state index >= 15 is 0 Å². The Morgan fingerprint density at radius 3 is 1.00 bits per heavy atom. The minimum Gasteiger partial charge on any atom is -0.295 e. The molecule has 0 aliphatic heterocycles. The van der Waals surface area contributed by atoms with Gasteiger partial charge in [0.15, 0.2) is 11.6 Å². The molecule has 0 spiro atoms. The molecular weight excluding hydrogens is 128 g/mol. The van der Waals surface area contributed by atoms with Crippen molar-refractivity contribution in [1.82, 2.24) is 0 Å². The molecular formula is C8H12O2. The molecule has 2 nitrogen and oxygen atoms in total. The van der Waals surface area contributed by atoms with Crippen LogP contribution in [0.1, 0.15) is 27.7 Å². The second-order valence-corrected chi connectivity index (χ2v) is 2.36. The molecule has 0 aliphatic carbocycles. The van der Waals surface area contributed by atoms with Gasteiger partial charge >= 0.3 is 0 Å². The fraction of sp³-hybridized carbons (Fsp3) is 0.500. The zero-order valence-corrected chi connectivity index (χ0v) is 6.82. The van der Waals surface area contributed by atoms with Crippen LogP contribution in [-0.4, -0.2) is 11.6 Å². The number of carbonyl (C=O) groups excluding carboxylic acids is 2. The summed E-state index contributed by atoms with van der Waals surface area (Å²) in [5.41, 5.74) is 1.13. The third kappa shape index (κ3) is 2.13. The molecule has 0 bridgehead atoms. The van der Waals surface area contributed by atoms with E-state index in [1.54, 1.807) is 13.8 Å². The van der Waals surface area contributed by atoms with Crippen LogP contribution in [0.4, 0.5) is 0 Å². The number of Topliss-reactive ketones (excluding diaryl/α,β-unsaturated/α-hetero) is 2. The second kappa shape index (κ2) is 3.30. The van der Waals surface area contributed by atoms with Crippen molar-refractivity contribution in [3.8, 4) is 0 Å². The molecule has 10 heavy (non-hydrogen) atoms. The maximum absolute atomic E-state index is 10.7. The third-order valence-electron chi connectivity index (χ3n) is 1.62. The van der Waals surface area contributed by atoms with E-state index in [1.807, 2.05) is 0 Å². The smallest absolute Gasteiger partial charge is 0.155 e. The van der Waals surface area contributed by atoms with Crippen LogP contribution in [-0.2, 0) is 9.59 Å². The van der Waals surface area contributed by atoms with Crippen LogP contribution in [0.25, 0.3) is 0 Å². The molecule has 0 fully saturated rings. The summed E-state index contributed by atoms with van der Waals surface area (Å²) in [5, 5.41) is 0. The predicted octanol–water partition coefficient (Wildman–Crippen LogP) is 1.50. The van der Waals surface area contributed by atoms with Crippen molar-refractivity contribution in [3.05, 3.63) is 11.1 Å². The molecule has 0 amide bonds. The first-order valence-corrected chi connectivity index (χ1v) is 3.16. The minimum absolute atomic E-state index is 0.0345. The summed E-state index contributed by atoms with van der Waals surface area (Å²) in [6.45, 7) is 6.25. The zero-order valence-electron chi connectivity index (χ0n) is 6.82. The molecule has 2 heteroatoms. The van der Waals surface area contributed by atoms with E-state index in [0.717, 1.165) is 0 Å². The number of hydrogen-bond acceptors (Lipinski definition) is 2. The van der Waals surface area contributed by atoms with Crippen LogP contribution in [0.2, 0.25) is 0 Å². The van der Waals surface area contributed by atoms with E-state index < -0.39 is 0 Å². The summed E-state index contributed by atoms with van der Waals surface area (Å²) in [4.78, 5) is 21.4. The zero-order chi connectivity index (χ0) is 8.31. The highest BCUT2D eigenvalue weighted by molar-refractivity contribution is 6.03. The molecule has 0 radical (unpaired) electrons. The maximum Gasteiger partial charge on any atom is 0.155 e. The second-order valence-electron chi connectivity index (χ2n) is 2.36. The Morgan fingerprint density at radius 1 is 0.700 bits per heavy atom. The number of hydrogen-bond donors (Lipinski definition) is 0. The Morgan fingerprint density at radius 2 is 0.900 bits per heavy atom. The molecule has 0 saturated carbocycles. The monoisotopic (exact) mass is 140 g/mol. The van der Waals surface area contributed by atoms with Crippen molar-refractivity contribution in [2.24, 2.45) is 0 Å². The van der Waals surface area contributed by atoms with Crippen molar-refractivity contribution in [2.45, 2.75) is 27.7 Å². The van der Waals surface area contributed by atoms with Gasteiger partial charge in [-0.15, -0.1) is 0 Å². The van der Waals surface area contributed by atoms with Gasteiger partial charge in [-0.05, 0) is 38.8 Å². The van der Waals surface area contributed by atoms with E-state index in [-0.39, 0.29) is 11.6 Å². The molecule has 0 aromatic rings. The number of carbonyl (C=O) groups is 2. The Hall–Kier alpha value is -0.920. The Kier molecular flexibility index (Phi) is 3.00. The average molecular weight is 140 g/mol. The lowest BCUT2D eigenvalue weighted by Gasteiger charge is -1.98. The molecule has 0 aromatic heterocycles. The van der Waals surface area contributed by atoms with Crippen molar-refractivity contribution in [1.29, 1.82) is 0 Å².